The molecule has 0 spiro atoms. The zero-order valence-electron chi connectivity index (χ0n) is 8.85. The van der Waals surface area contributed by atoms with Crippen molar-refractivity contribution < 1.29 is 0 Å². The molecule has 1 aromatic heterocycles. The number of hydrogen-bond donors (Lipinski definition) is 1. The molecule has 84 valence electrons. The van der Waals surface area contributed by atoms with E-state index in [0.717, 1.165) is 17.3 Å². The molecule has 0 saturated carbocycles. The Morgan fingerprint density at radius 1 is 1.38 bits per heavy atom. The highest BCUT2D eigenvalue weighted by atomic mass is 35.5. The maximum atomic E-state index is 5.84. The maximum Gasteiger partial charge on any atom is 0.0893 e. The van der Waals surface area contributed by atoms with Crippen molar-refractivity contribution >= 4 is 23.1 Å². The summed E-state index contributed by atoms with van der Waals surface area (Å²) in [5.74, 6) is 0. The van der Waals surface area contributed by atoms with Crippen LogP contribution in [0.25, 0.3) is 0 Å². The summed E-state index contributed by atoms with van der Waals surface area (Å²) in [5.41, 5.74) is 2.19. The van der Waals surface area contributed by atoms with E-state index in [-0.39, 0.29) is 6.04 Å². The Kier molecular flexibility index (Phi) is 3.88. The molecule has 0 radical (unpaired) electrons. The molecule has 16 heavy (non-hydrogen) atoms. The number of nitrogens with one attached hydrogen (secondary N) is 1. The van der Waals surface area contributed by atoms with Crippen molar-refractivity contribution in [2.24, 2.45) is 0 Å². The number of rotatable bonds is 4. The largest absolute Gasteiger partial charge is 0.304 e. The zero-order valence-corrected chi connectivity index (χ0v) is 10.4. The molecule has 1 N–H and O–H groups in total. The number of hydrogen-bond acceptors (Lipinski definition) is 4. The van der Waals surface area contributed by atoms with Crippen molar-refractivity contribution in [3.8, 4) is 0 Å². The summed E-state index contributed by atoms with van der Waals surface area (Å²) in [4.78, 5) is 0. The minimum absolute atomic E-state index is 0.277. The average molecular weight is 254 g/mol. The lowest BCUT2D eigenvalue weighted by Gasteiger charge is -2.13. The maximum absolute atomic E-state index is 5.84. The predicted molar refractivity (Wildman–Crippen MR) is 66.6 cm³/mol. The molecular weight excluding hydrogens is 242 g/mol. The van der Waals surface area contributed by atoms with Gasteiger partial charge in [-0.1, -0.05) is 28.2 Å². The number of nitrogens with zero attached hydrogens (tertiary/aromatic N) is 2. The fraction of sp³-hybridized carbons (Fsp3) is 0.273. The van der Waals surface area contributed by atoms with Crippen LogP contribution in [0.1, 0.15) is 24.2 Å². The molecule has 0 amide bonds. The summed E-state index contributed by atoms with van der Waals surface area (Å²) in [6.45, 7) is 2.85. The monoisotopic (exact) mass is 253 g/mol. The van der Waals surface area contributed by atoms with Crippen molar-refractivity contribution in [3.05, 3.63) is 45.9 Å². The van der Waals surface area contributed by atoms with Gasteiger partial charge in [0.1, 0.15) is 0 Å². The first-order valence-corrected chi connectivity index (χ1v) is 6.22. The molecule has 1 atom stereocenters. The van der Waals surface area contributed by atoms with Crippen molar-refractivity contribution in [3.63, 3.8) is 0 Å². The van der Waals surface area contributed by atoms with Gasteiger partial charge in [0, 0.05) is 23.0 Å². The van der Waals surface area contributed by atoms with E-state index in [4.69, 9.17) is 11.6 Å². The van der Waals surface area contributed by atoms with Crippen LogP contribution in [-0.4, -0.2) is 9.59 Å². The molecule has 2 rings (SSSR count). The predicted octanol–water partition coefficient (Wildman–Crippen LogP) is 3.04. The minimum Gasteiger partial charge on any atom is -0.304 e. The van der Waals surface area contributed by atoms with Gasteiger partial charge in [0.25, 0.3) is 0 Å². The van der Waals surface area contributed by atoms with Gasteiger partial charge in [0.15, 0.2) is 0 Å². The molecule has 0 aliphatic rings. The van der Waals surface area contributed by atoms with E-state index < -0.39 is 0 Å². The molecule has 0 bridgehead atoms. The van der Waals surface area contributed by atoms with Gasteiger partial charge in [-0.3, -0.25) is 0 Å². The van der Waals surface area contributed by atoms with Crippen LogP contribution in [0.15, 0.2) is 29.6 Å². The molecule has 1 unspecified atom stereocenters. The summed E-state index contributed by atoms with van der Waals surface area (Å²) >= 11 is 7.21. The Bertz CT molecular complexity index is 427. The third-order valence-corrected chi connectivity index (χ3v) is 3.17. The summed E-state index contributed by atoms with van der Waals surface area (Å²) in [6, 6.07) is 8.14. The van der Waals surface area contributed by atoms with Gasteiger partial charge < -0.3 is 5.32 Å². The summed E-state index contributed by atoms with van der Waals surface area (Å²) in [7, 11) is 0. The lowest BCUT2D eigenvalue weighted by Crippen LogP contribution is -2.18. The molecule has 0 aliphatic heterocycles. The topological polar surface area (TPSA) is 37.8 Å². The molecule has 1 heterocycles. The molecular formula is C11H12ClN3S. The van der Waals surface area contributed by atoms with Crippen LogP contribution < -0.4 is 5.32 Å². The first-order valence-electron chi connectivity index (χ1n) is 5.00. The van der Waals surface area contributed by atoms with Gasteiger partial charge >= 0.3 is 0 Å². The van der Waals surface area contributed by atoms with Gasteiger partial charge in [0.05, 0.1) is 5.69 Å². The molecule has 0 aliphatic carbocycles. The second-order valence-electron chi connectivity index (χ2n) is 3.55. The Morgan fingerprint density at radius 2 is 2.12 bits per heavy atom. The second-order valence-corrected chi connectivity index (χ2v) is 4.60. The van der Waals surface area contributed by atoms with E-state index in [9.17, 15) is 0 Å². The average Bonchev–Trinajstić information content (AvgIpc) is 2.80. The Balaban J connectivity index is 1.93. The number of aromatic nitrogens is 2. The smallest absolute Gasteiger partial charge is 0.0893 e. The minimum atomic E-state index is 0.277. The highest BCUT2D eigenvalue weighted by Crippen LogP contribution is 2.16. The highest BCUT2D eigenvalue weighted by Gasteiger charge is 2.05. The molecule has 0 fully saturated rings. The Morgan fingerprint density at radius 3 is 2.75 bits per heavy atom. The fourth-order valence-corrected chi connectivity index (χ4v) is 1.97. The molecule has 5 heteroatoms. The first-order chi connectivity index (χ1) is 7.75. The van der Waals surface area contributed by atoms with Crippen LogP contribution in [0.2, 0.25) is 5.02 Å². The highest BCUT2D eigenvalue weighted by molar-refractivity contribution is 7.03. The quantitative estimate of drug-likeness (QED) is 0.910. The Hall–Kier alpha value is -0.970. The second kappa shape index (κ2) is 5.39. The van der Waals surface area contributed by atoms with E-state index in [1.54, 1.807) is 0 Å². The van der Waals surface area contributed by atoms with E-state index in [0.29, 0.717) is 0 Å². The third kappa shape index (κ3) is 3.01. The van der Waals surface area contributed by atoms with Crippen LogP contribution in [0.4, 0.5) is 0 Å². The van der Waals surface area contributed by atoms with Crippen LogP contribution in [0.5, 0.6) is 0 Å². The number of benzene rings is 1. The van der Waals surface area contributed by atoms with Gasteiger partial charge in [-0.25, -0.2) is 0 Å². The Labute approximate surface area is 104 Å². The van der Waals surface area contributed by atoms with Crippen molar-refractivity contribution in [2.45, 2.75) is 19.5 Å². The summed E-state index contributed by atoms with van der Waals surface area (Å²) in [5, 5.41) is 10.1. The van der Waals surface area contributed by atoms with Crippen LogP contribution in [-0.2, 0) is 6.54 Å². The molecule has 1 aromatic carbocycles. The fourth-order valence-electron chi connectivity index (χ4n) is 1.39. The summed E-state index contributed by atoms with van der Waals surface area (Å²) < 4.78 is 3.82. The van der Waals surface area contributed by atoms with Gasteiger partial charge in [-0.05, 0) is 36.2 Å². The van der Waals surface area contributed by atoms with Crippen LogP contribution >= 0.6 is 23.1 Å². The molecule has 2 aromatic rings. The van der Waals surface area contributed by atoms with Crippen molar-refractivity contribution in [2.75, 3.05) is 0 Å². The van der Waals surface area contributed by atoms with E-state index in [1.165, 1.54) is 17.1 Å². The molecule has 3 nitrogen and oxygen atoms in total. The lowest BCUT2D eigenvalue weighted by atomic mass is 10.1. The normalized spacial score (nSPS) is 12.6. The van der Waals surface area contributed by atoms with Crippen molar-refractivity contribution in [1.82, 2.24) is 14.9 Å². The van der Waals surface area contributed by atoms with Gasteiger partial charge in [-0.15, -0.1) is 5.10 Å². The van der Waals surface area contributed by atoms with Crippen LogP contribution in [0, 0.1) is 0 Å². The van der Waals surface area contributed by atoms with Crippen LogP contribution in [0.3, 0.4) is 0 Å². The van der Waals surface area contributed by atoms with Gasteiger partial charge in [-0.2, -0.15) is 0 Å². The SMILES string of the molecule is CC(NCc1csnn1)c1ccc(Cl)cc1. The van der Waals surface area contributed by atoms with E-state index in [2.05, 4.69) is 21.8 Å². The van der Waals surface area contributed by atoms with E-state index >= 15 is 0 Å². The van der Waals surface area contributed by atoms with E-state index in [1.807, 2.05) is 29.6 Å². The van der Waals surface area contributed by atoms with Gasteiger partial charge in [0.2, 0.25) is 0 Å². The lowest BCUT2D eigenvalue weighted by molar-refractivity contribution is 0.567. The standard InChI is InChI=1S/C11H12ClN3S/c1-8(9-2-4-10(12)5-3-9)13-6-11-7-16-15-14-11/h2-5,7-8,13H,6H2,1H3. The molecule has 0 saturated heterocycles. The zero-order chi connectivity index (χ0) is 11.4. The van der Waals surface area contributed by atoms with Crippen molar-refractivity contribution in [1.29, 1.82) is 0 Å². The summed E-state index contributed by atoms with van der Waals surface area (Å²) in [6.07, 6.45) is 0. The first kappa shape index (κ1) is 11.5. The number of halogens is 1. The third-order valence-electron chi connectivity index (χ3n) is 2.36.